The minimum absolute atomic E-state index is 0.206. The molecule has 0 saturated carbocycles. The van der Waals surface area contributed by atoms with Crippen molar-refractivity contribution in [1.82, 2.24) is 0 Å². The van der Waals surface area contributed by atoms with Crippen LogP contribution in [0.15, 0.2) is 42.5 Å². The van der Waals surface area contributed by atoms with E-state index in [9.17, 15) is 8.78 Å². The number of benzene rings is 2. The van der Waals surface area contributed by atoms with E-state index in [1.165, 1.54) is 18.2 Å². The monoisotopic (exact) mass is 262 g/mol. The minimum Gasteiger partial charge on any atom is -0.397 e. The summed E-state index contributed by atoms with van der Waals surface area (Å²) in [5.74, 6) is -0.563. The molecule has 0 heterocycles. The molecular weight excluding hydrogens is 246 g/mol. The van der Waals surface area contributed by atoms with Gasteiger partial charge in [-0.15, -0.1) is 0 Å². The number of halogens is 2. The van der Waals surface area contributed by atoms with Gasteiger partial charge in [-0.1, -0.05) is 18.2 Å². The van der Waals surface area contributed by atoms with Gasteiger partial charge in [0, 0.05) is 13.6 Å². The van der Waals surface area contributed by atoms with Crippen molar-refractivity contribution >= 4 is 11.4 Å². The Hall–Kier alpha value is -2.10. The fourth-order valence-corrected chi connectivity index (χ4v) is 1.98. The van der Waals surface area contributed by atoms with Gasteiger partial charge in [-0.05, 0) is 36.2 Å². The lowest BCUT2D eigenvalue weighted by atomic mass is 10.1. The van der Waals surface area contributed by atoms with E-state index in [0.717, 1.165) is 5.69 Å². The number of hydrogen-bond donors (Lipinski definition) is 1. The molecule has 2 nitrogen and oxygen atoms in total. The van der Waals surface area contributed by atoms with Gasteiger partial charge < -0.3 is 10.6 Å². The second kappa shape index (κ2) is 5.69. The average Bonchev–Trinajstić information content (AvgIpc) is 2.37. The SMILES string of the molecule is CN(CCc1ccccc1F)c1ccc(F)cc1N. The normalized spacial score (nSPS) is 10.5. The zero-order chi connectivity index (χ0) is 13.8. The highest BCUT2D eigenvalue weighted by Crippen LogP contribution is 2.23. The quantitative estimate of drug-likeness (QED) is 0.857. The highest BCUT2D eigenvalue weighted by atomic mass is 19.1. The molecule has 19 heavy (non-hydrogen) atoms. The zero-order valence-corrected chi connectivity index (χ0v) is 10.7. The van der Waals surface area contributed by atoms with E-state index in [4.69, 9.17) is 5.73 Å². The standard InChI is InChI=1S/C15H16F2N2/c1-19(15-7-6-12(16)10-14(15)18)9-8-11-4-2-3-5-13(11)17/h2-7,10H,8-9,18H2,1H3. The first-order valence-corrected chi connectivity index (χ1v) is 6.07. The number of nitrogens with two attached hydrogens (primary N) is 1. The van der Waals surface area contributed by atoms with E-state index >= 15 is 0 Å². The lowest BCUT2D eigenvalue weighted by Crippen LogP contribution is -2.21. The second-order valence-electron chi connectivity index (χ2n) is 4.47. The van der Waals surface area contributed by atoms with Crippen molar-refractivity contribution < 1.29 is 8.78 Å². The molecule has 2 N–H and O–H groups in total. The molecule has 0 amide bonds. The molecule has 0 atom stereocenters. The van der Waals surface area contributed by atoms with Gasteiger partial charge in [0.25, 0.3) is 0 Å². The van der Waals surface area contributed by atoms with Crippen molar-refractivity contribution in [3.63, 3.8) is 0 Å². The smallest absolute Gasteiger partial charge is 0.126 e. The summed E-state index contributed by atoms with van der Waals surface area (Å²) >= 11 is 0. The van der Waals surface area contributed by atoms with Crippen molar-refractivity contribution in [1.29, 1.82) is 0 Å². The summed E-state index contributed by atoms with van der Waals surface area (Å²) in [6.45, 7) is 0.608. The van der Waals surface area contributed by atoms with Crippen molar-refractivity contribution in [2.75, 3.05) is 24.2 Å². The summed E-state index contributed by atoms with van der Waals surface area (Å²) in [4.78, 5) is 1.89. The third kappa shape index (κ3) is 3.22. The lowest BCUT2D eigenvalue weighted by Gasteiger charge is -2.21. The Morgan fingerprint density at radius 3 is 2.53 bits per heavy atom. The molecule has 0 saturated heterocycles. The highest BCUT2D eigenvalue weighted by Gasteiger charge is 2.08. The minimum atomic E-state index is -0.358. The molecule has 0 aliphatic carbocycles. The average molecular weight is 262 g/mol. The topological polar surface area (TPSA) is 29.3 Å². The van der Waals surface area contributed by atoms with Gasteiger partial charge in [-0.2, -0.15) is 0 Å². The van der Waals surface area contributed by atoms with Crippen LogP contribution in [0.1, 0.15) is 5.56 Å². The van der Waals surface area contributed by atoms with Crippen molar-refractivity contribution in [2.24, 2.45) is 0 Å². The molecule has 0 radical (unpaired) electrons. The van der Waals surface area contributed by atoms with Crippen molar-refractivity contribution in [2.45, 2.75) is 6.42 Å². The second-order valence-corrected chi connectivity index (χ2v) is 4.47. The first kappa shape index (κ1) is 13.3. The summed E-state index contributed by atoms with van der Waals surface area (Å²) in [6, 6.07) is 11.0. The van der Waals surface area contributed by atoms with Crippen LogP contribution in [0.3, 0.4) is 0 Å². The predicted molar refractivity (Wildman–Crippen MR) is 74.2 cm³/mol. The van der Waals surface area contributed by atoms with Gasteiger partial charge >= 0.3 is 0 Å². The lowest BCUT2D eigenvalue weighted by molar-refractivity contribution is 0.608. The molecule has 0 aliphatic heterocycles. The van der Waals surface area contributed by atoms with Crippen LogP contribution in [0.25, 0.3) is 0 Å². The molecule has 2 aromatic carbocycles. The summed E-state index contributed by atoms with van der Waals surface area (Å²) in [7, 11) is 1.85. The molecule has 2 aromatic rings. The first-order valence-electron chi connectivity index (χ1n) is 6.07. The Bertz CT molecular complexity index is 570. The van der Waals surface area contributed by atoms with Crippen LogP contribution in [0.2, 0.25) is 0 Å². The van der Waals surface area contributed by atoms with Crippen LogP contribution in [0, 0.1) is 11.6 Å². The highest BCUT2D eigenvalue weighted by molar-refractivity contribution is 5.67. The fraction of sp³-hybridized carbons (Fsp3) is 0.200. The Balaban J connectivity index is 2.05. The maximum atomic E-state index is 13.5. The van der Waals surface area contributed by atoms with Crippen LogP contribution < -0.4 is 10.6 Å². The van der Waals surface area contributed by atoms with Crippen LogP contribution in [0.4, 0.5) is 20.2 Å². The van der Waals surface area contributed by atoms with E-state index < -0.39 is 0 Å². The van der Waals surface area contributed by atoms with Gasteiger partial charge in [0.1, 0.15) is 11.6 Å². The van der Waals surface area contributed by atoms with E-state index in [1.54, 1.807) is 18.2 Å². The summed E-state index contributed by atoms with van der Waals surface area (Å²) in [5.41, 5.74) is 7.56. The molecule has 4 heteroatoms. The van der Waals surface area contributed by atoms with Crippen molar-refractivity contribution in [3.8, 4) is 0 Å². The van der Waals surface area contributed by atoms with E-state index in [1.807, 2.05) is 18.0 Å². The van der Waals surface area contributed by atoms with E-state index in [-0.39, 0.29) is 11.6 Å². The van der Waals surface area contributed by atoms with E-state index in [2.05, 4.69) is 0 Å². The van der Waals surface area contributed by atoms with Gasteiger partial charge in [0.05, 0.1) is 11.4 Å². The molecule has 0 aliphatic rings. The summed E-state index contributed by atoms with van der Waals surface area (Å²) < 4.78 is 26.4. The number of nitrogen functional groups attached to an aromatic ring is 1. The number of nitrogens with zero attached hydrogens (tertiary/aromatic N) is 1. The molecule has 0 aromatic heterocycles. The molecule has 0 unspecified atom stereocenters. The van der Waals surface area contributed by atoms with Gasteiger partial charge in [-0.25, -0.2) is 8.78 Å². The number of rotatable bonds is 4. The Morgan fingerprint density at radius 2 is 1.84 bits per heavy atom. The third-order valence-electron chi connectivity index (χ3n) is 3.08. The van der Waals surface area contributed by atoms with Gasteiger partial charge in [-0.3, -0.25) is 0 Å². The molecule has 2 rings (SSSR count). The fourth-order valence-electron chi connectivity index (χ4n) is 1.98. The van der Waals surface area contributed by atoms with Crippen LogP contribution in [-0.4, -0.2) is 13.6 Å². The number of anilines is 2. The largest absolute Gasteiger partial charge is 0.397 e. The van der Waals surface area contributed by atoms with Crippen molar-refractivity contribution in [3.05, 3.63) is 59.7 Å². The van der Waals surface area contributed by atoms with Gasteiger partial charge in [0.2, 0.25) is 0 Å². The van der Waals surface area contributed by atoms with Gasteiger partial charge in [0.15, 0.2) is 0 Å². The molecule has 0 bridgehead atoms. The maximum absolute atomic E-state index is 13.5. The molecule has 100 valence electrons. The molecule has 0 spiro atoms. The Kier molecular flexibility index (Phi) is 4.00. The van der Waals surface area contributed by atoms with Crippen LogP contribution >= 0.6 is 0 Å². The predicted octanol–water partition coefficient (Wildman–Crippen LogP) is 3.23. The van der Waals surface area contributed by atoms with Crippen LogP contribution in [-0.2, 0) is 6.42 Å². The Morgan fingerprint density at radius 1 is 1.11 bits per heavy atom. The Labute approximate surface area is 111 Å². The van der Waals surface area contributed by atoms with E-state index in [0.29, 0.717) is 24.2 Å². The maximum Gasteiger partial charge on any atom is 0.126 e. The molecule has 0 fully saturated rings. The molecular formula is C15H16F2N2. The summed E-state index contributed by atoms with van der Waals surface area (Å²) in [6.07, 6.45) is 0.569. The first-order chi connectivity index (χ1) is 9.08. The number of hydrogen-bond acceptors (Lipinski definition) is 2. The zero-order valence-electron chi connectivity index (χ0n) is 10.7. The summed E-state index contributed by atoms with van der Waals surface area (Å²) in [5, 5.41) is 0. The third-order valence-corrected chi connectivity index (χ3v) is 3.08. The van der Waals surface area contributed by atoms with Crippen LogP contribution in [0.5, 0.6) is 0 Å². The number of likely N-dealkylation sites (N-methyl/N-ethyl adjacent to an activating group) is 1.